The number of carbonyl (C=O) groups excluding carboxylic acids is 1. The van der Waals surface area contributed by atoms with E-state index in [0.29, 0.717) is 24.4 Å². The van der Waals surface area contributed by atoms with E-state index in [0.717, 1.165) is 27.7 Å². The van der Waals surface area contributed by atoms with E-state index < -0.39 is 17.3 Å². The minimum Gasteiger partial charge on any atom is -0.480 e. The van der Waals surface area contributed by atoms with E-state index in [1.54, 1.807) is 19.1 Å². The van der Waals surface area contributed by atoms with Gasteiger partial charge >= 0.3 is 5.97 Å². The highest BCUT2D eigenvalue weighted by atomic mass is 19.2. The van der Waals surface area contributed by atoms with Crippen LogP contribution >= 0.6 is 0 Å². The maximum Gasteiger partial charge on any atom is 0.323 e. The lowest BCUT2D eigenvalue weighted by atomic mass is 9.73. The highest BCUT2D eigenvalue weighted by Gasteiger charge is 2.42. The van der Waals surface area contributed by atoms with E-state index in [9.17, 15) is 19.2 Å². The topological polar surface area (TPSA) is 62.5 Å². The van der Waals surface area contributed by atoms with Gasteiger partial charge < -0.3 is 9.67 Å². The van der Waals surface area contributed by atoms with Gasteiger partial charge in [0.2, 0.25) is 0 Å². The molecule has 1 heterocycles. The molecule has 1 aliphatic carbocycles. The van der Waals surface area contributed by atoms with Crippen LogP contribution < -0.4 is 0 Å². The number of carboxylic acid groups (broad SMARTS) is 1. The van der Waals surface area contributed by atoms with Crippen LogP contribution in [-0.4, -0.2) is 26.7 Å². The molecule has 1 aromatic heterocycles. The Morgan fingerprint density at radius 3 is 2.55 bits per heavy atom. The molecule has 0 saturated heterocycles. The predicted octanol–water partition coefficient (Wildman–Crippen LogP) is 4.13. The molecule has 0 spiro atoms. The molecule has 1 amide bonds. The van der Waals surface area contributed by atoms with Gasteiger partial charge in [-0.2, -0.15) is 5.12 Å². The minimum atomic E-state index is -0.907. The summed E-state index contributed by atoms with van der Waals surface area (Å²) in [4.78, 5) is 24.4. The number of nitrogens with zero attached hydrogens (tertiary/aromatic N) is 2. The maximum absolute atomic E-state index is 14.8. The number of amides is 1. The molecule has 1 N–H and O–H groups in total. The second-order valence-electron chi connectivity index (χ2n) is 7.97. The van der Waals surface area contributed by atoms with Gasteiger partial charge in [0.15, 0.2) is 0 Å². The number of rotatable bonds is 5. The van der Waals surface area contributed by atoms with Crippen LogP contribution in [0.3, 0.4) is 0 Å². The van der Waals surface area contributed by atoms with Crippen molar-refractivity contribution < 1.29 is 19.2 Å². The van der Waals surface area contributed by atoms with Gasteiger partial charge in [0.05, 0.1) is 12.0 Å². The highest BCUT2D eigenvalue weighted by Crippen LogP contribution is 2.41. The molecule has 1 unspecified atom stereocenters. The van der Waals surface area contributed by atoms with E-state index in [-0.39, 0.29) is 13.1 Å². The van der Waals surface area contributed by atoms with E-state index in [4.69, 9.17) is 0 Å². The molecule has 0 aliphatic heterocycles. The largest absolute Gasteiger partial charge is 0.480 e. The average Bonchev–Trinajstić information content (AvgIpc) is 3.00. The van der Waals surface area contributed by atoms with E-state index in [1.807, 2.05) is 47.0 Å². The molecule has 29 heavy (non-hydrogen) atoms. The molecule has 1 atom stereocenters. The Labute approximate surface area is 168 Å². The number of fused-ring (bicyclic) bond motifs is 3. The Bertz CT molecular complexity index is 1080. The van der Waals surface area contributed by atoms with Gasteiger partial charge in [-0.05, 0) is 36.5 Å². The molecule has 0 bridgehead atoms. The molecule has 6 heteroatoms. The maximum atomic E-state index is 14.8. The SMILES string of the molecule is CC1(C(=O)N(F)Cc2ccccc2)CCc2c(c3ccccc3n2CC(=O)O)C1. The quantitative estimate of drug-likeness (QED) is 0.662. The molecular weight excluding hydrogens is 371 g/mol. The first-order valence-electron chi connectivity index (χ1n) is 9.71. The summed E-state index contributed by atoms with van der Waals surface area (Å²) in [5.41, 5.74) is 2.61. The minimum absolute atomic E-state index is 0.0805. The van der Waals surface area contributed by atoms with Crippen molar-refractivity contribution in [1.29, 1.82) is 0 Å². The summed E-state index contributed by atoms with van der Waals surface area (Å²) in [5.74, 6) is -1.43. The first kappa shape index (κ1) is 19.2. The van der Waals surface area contributed by atoms with Gasteiger partial charge in [-0.15, -0.1) is 0 Å². The first-order chi connectivity index (χ1) is 13.9. The number of aromatic nitrogens is 1. The van der Waals surface area contributed by atoms with Crippen molar-refractivity contribution >= 4 is 22.8 Å². The summed E-state index contributed by atoms with van der Waals surface area (Å²) in [6.45, 7) is 1.60. The van der Waals surface area contributed by atoms with Crippen LogP contribution in [0.4, 0.5) is 4.48 Å². The van der Waals surface area contributed by atoms with Crippen LogP contribution in [0.5, 0.6) is 0 Å². The normalized spacial score (nSPS) is 18.4. The van der Waals surface area contributed by atoms with Gasteiger partial charge in [-0.25, -0.2) is 0 Å². The Hall–Kier alpha value is -3.15. The van der Waals surface area contributed by atoms with Crippen LogP contribution in [0.15, 0.2) is 54.6 Å². The zero-order valence-corrected chi connectivity index (χ0v) is 16.3. The van der Waals surface area contributed by atoms with Gasteiger partial charge in [0.25, 0.3) is 5.91 Å². The zero-order chi connectivity index (χ0) is 20.6. The van der Waals surface area contributed by atoms with E-state index in [1.165, 1.54) is 0 Å². The lowest BCUT2D eigenvalue weighted by Crippen LogP contribution is -2.41. The number of carbonyl (C=O) groups is 2. The molecule has 1 aliphatic rings. The summed E-state index contributed by atoms with van der Waals surface area (Å²) >= 11 is 0. The fraction of sp³-hybridized carbons (Fsp3) is 0.304. The second-order valence-corrected chi connectivity index (χ2v) is 7.97. The Morgan fingerprint density at radius 1 is 1.14 bits per heavy atom. The number of aliphatic carboxylic acids is 1. The van der Waals surface area contributed by atoms with Gasteiger partial charge in [-0.3, -0.25) is 9.59 Å². The van der Waals surface area contributed by atoms with Crippen LogP contribution in [0.2, 0.25) is 0 Å². The third kappa shape index (κ3) is 3.50. The Morgan fingerprint density at radius 2 is 1.83 bits per heavy atom. The third-order valence-electron chi connectivity index (χ3n) is 5.87. The van der Waals surface area contributed by atoms with Gasteiger partial charge in [0, 0.05) is 16.6 Å². The Balaban J connectivity index is 1.65. The van der Waals surface area contributed by atoms with E-state index in [2.05, 4.69) is 0 Å². The van der Waals surface area contributed by atoms with Crippen LogP contribution in [0.1, 0.15) is 30.2 Å². The molecular formula is C23H23FN2O3. The van der Waals surface area contributed by atoms with Crippen molar-refractivity contribution in [2.24, 2.45) is 5.41 Å². The fourth-order valence-electron chi connectivity index (χ4n) is 4.39. The lowest BCUT2D eigenvalue weighted by Gasteiger charge is -2.34. The average molecular weight is 394 g/mol. The summed E-state index contributed by atoms with van der Waals surface area (Å²) < 4.78 is 16.6. The zero-order valence-electron chi connectivity index (χ0n) is 16.3. The van der Waals surface area contributed by atoms with Crippen LogP contribution in [0, 0.1) is 5.41 Å². The summed E-state index contributed by atoms with van der Waals surface area (Å²) in [6, 6.07) is 16.7. The number of carboxylic acids is 1. The van der Waals surface area contributed by atoms with Gasteiger partial charge in [-0.1, -0.05) is 59.9 Å². The second kappa shape index (κ2) is 7.35. The van der Waals surface area contributed by atoms with E-state index >= 15 is 0 Å². The molecule has 5 nitrogen and oxygen atoms in total. The molecule has 150 valence electrons. The molecule has 2 aromatic carbocycles. The number of halogens is 1. The first-order valence-corrected chi connectivity index (χ1v) is 9.71. The highest BCUT2D eigenvalue weighted by molar-refractivity contribution is 5.89. The lowest BCUT2D eigenvalue weighted by molar-refractivity contribution is -0.159. The van der Waals surface area contributed by atoms with Gasteiger partial charge in [0.1, 0.15) is 6.54 Å². The number of para-hydroxylation sites is 1. The van der Waals surface area contributed by atoms with Crippen molar-refractivity contribution in [3.63, 3.8) is 0 Å². The van der Waals surface area contributed by atoms with Crippen LogP contribution in [-0.2, 0) is 35.5 Å². The molecule has 3 aromatic rings. The van der Waals surface area contributed by atoms with Crippen LogP contribution in [0.25, 0.3) is 10.9 Å². The molecule has 0 radical (unpaired) electrons. The number of hydrogen-bond acceptors (Lipinski definition) is 2. The van der Waals surface area contributed by atoms with Crippen molar-refractivity contribution in [2.45, 2.75) is 39.3 Å². The summed E-state index contributed by atoms with van der Waals surface area (Å²) in [7, 11) is 0. The van der Waals surface area contributed by atoms with Crippen molar-refractivity contribution in [3.05, 3.63) is 71.4 Å². The summed E-state index contributed by atoms with van der Waals surface area (Å²) in [5, 5.41) is 10.6. The third-order valence-corrected chi connectivity index (χ3v) is 5.87. The monoisotopic (exact) mass is 394 g/mol. The molecule has 0 saturated carbocycles. The van der Waals surface area contributed by atoms with Crippen molar-refractivity contribution in [1.82, 2.24) is 9.69 Å². The predicted molar refractivity (Wildman–Crippen MR) is 108 cm³/mol. The smallest absolute Gasteiger partial charge is 0.323 e. The van der Waals surface area contributed by atoms with Crippen molar-refractivity contribution in [3.8, 4) is 0 Å². The Kier molecular flexibility index (Phi) is 4.86. The molecule has 0 fully saturated rings. The number of benzene rings is 2. The number of hydrogen-bond donors (Lipinski definition) is 1. The fourth-order valence-corrected chi connectivity index (χ4v) is 4.39. The standard InChI is InChI=1S/C23H23FN2O3/c1-23(22(29)26(24)14-16-7-3-2-4-8-16)12-11-20-18(13-23)17-9-5-6-10-19(17)25(20)15-21(27)28/h2-10H,11-15H2,1H3,(H,27,28). The van der Waals surface area contributed by atoms with Crippen molar-refractivity contribution in [2.75, 3.05) is 0 Å². The summed E-state index contributed by atoms with van der Waals surface area (Å²) in [6.07, 6.45) is 1.41. The molecule has 4 rings (SSSR count).